The van der Waals surface area contributed by atoms with Crippen molar-refractivity contribution in [2.24, 2.45) is 12.8 Å². The second-order valence-corrected chi connectivity index (χ2v) is 4.00. The number of aryl methyl sites for hydroxylation is 3. The van der Waals surface area contributed by atoms with Crippen molar-refractivity contribution in [2.45, 2.75) is 13.8 Å². The maximum Gasteiger partial charge on any atom is 0.250 e. The van der Waals surface area contributed by atoms with Crippen molar-refractivity contribution in [2.75, 3.05) is 0 Å². The number of carbonyl (C=O) groups excluding carboxylic acids is 1. The van der Waals surface area contributed by atoms with Crippen LogP contribution in [0.4, 0.5) is 0 Å². The minimum atomic E-state index is -0.370. The predicted molar refractivity (Wildman–Crippen MR) is 60.9 cm³/mol. The maximum absolute atomic E-state index is 11.3. The van der Waals surface area contributed by atoms with E-state index >= 15 is 0 Å². The second-order valence-electron chi connectivity index (χ2n) is 4.00. The Balaban J connectivity index is 2.96. The number of rotatable bonds is 1. The number of amides is 1. The number of nitrogens with zero attached hydrogens (tertiary/aromatic N) is 1. The molecule has 0 saturated heterocycles. The normalized spacial score (nSPS) is 10.9. The predicted octanol–water partition coefficient (Wildman–Crippen LogP) is 1.89. The van der Waals surface area contributed by atoms with Crippen LogP contribution in [0, 0.1) is 13.8 Å². The van der Waals surface area contributed by atoms with Crippen molar-refractivity contribution < 1.29 is 4.79 Å². The highest BCUT2D eigenvalue weighted by Crippen LogP contribution is 2.24. The number of benzene rings is 1. The summed E-state index contributed by atoms with van der Waals surface area (Å²) in [4.78, 5) is 11.3. The van der Waals surface area contributed by atoms with Gasteiger partial charge in [0.1, 0.15) is 0 Å². The Bertz CT molecular complexity index is 552. The Labute approximate surface area is 88.5 Å². The van der Waals surface area contributed by atoms with E-state index in [1.165, 1.54) is 5.56 Å². The van der Waals surface area contributed by atoms with Crippen molar-refractivity contribution in [3.05, 3.63) is 35.0 Å². The zero-order valence-electron chi connectivity index (χ0n) is 9.16. The molecule has 0 atom stereocenters. The molecule has 1 amide bonds. The summed E-state index contributed by atoms with van der Waals surface area (Å²) >= 11 is 0. The van der Waals surface area contributed by atoms with Crippen LogP contribution in [0.5, 0.6) is 0 Å². The van der Waals surface area contributed by atoms with Crippen molar-refractivity contribution in [1.82, 2.24) is 4.57 Å². The molecule has 0 aliphatic carbocycles. The van der Waals surface area contributed by atoms with Crippen LogP contribution in [0.1, 0.15) is 21.5 Å². The first-order chi connectivity index (χ1) is 7.00. The molecule has 0 unspecified atom stereocenters. The van der Waals surface area contributed by atoms with E-state index in [0.29, 0.717) is 5.56 Å². The lowest BCUT2D eigenvalue weighted by Crippen LogP contribution is -2.12. The third-order valence-electron chi connectivity index (χ3n) is 2.68. The number of hydrogen-bond donors (Lipinski definition) is 1. The van der Waals surface area contributed by atoms with Crippen LogP contribution < -0.4 is 5.73 Å². The van der Waals surface area contributed by atoms with Gasteiger partial charge in [-0.05, 0) is 37.1 Å². The molecule has 78 valence electrons. The number of hydrogen-bond acceptors (Lipinski definition) is 1. The van der Waals surface area contributed by atoms with Gasteiger partial charge < -0.3 is 10.3 Å². The Morgan fingerprint density at radius 2 is 2.00 bits per heavy atom. The monoisotopic (exact) mass is 202 g/mol. The fraction of sp³-hybridized carbons (Fsp3) is 0.250. The van der Waals surface area contributed by atoms with Gasteiger partial charge in [-0.25, -0.2) is 0 Å². The number of nitrogens with two attached hydrogens (primary N) is 1. The number of carbonyl (C=O) groups is 1. The van der Waals surface area contributed by atoms with E-state index in [-0.39, 0.29) is 5.91 Å². The average Bonchev–Trinajstić information content (AvgIpc) is 2.41. The van der Waals surface area contributed by atoms with Crippen LogP contribution in [0.25, 0.3) is 10.9 Å². The molecule has 1 aromatic carbocycles. The van der Waals surface area contributed by atoms with Crippen molar-refractivity contribution in [1.29, 1.82) is 0 Å². The van der Waals surface area contributed by atoms with E-state index in [2.05, 4.69) is 6.07 Å². The summed E-state index contributed by atoms with van der Waals surface area (Å²) in [6.07, 6.45) is 2.01. The van der Waals surface area contributed by atoms with E-state index in [1.54, 1.807) is 0 Å². The van der Waals surface area contributed by atoms with Crippen LogP contribution >= 0.6 is 0 Å². The minimum absolute atomic E-state index is 0.370. The van der Waals surface area contributed by atoms with E-state index in [1.807, 2.05) is 37.7 Å². The molecular weight excluding hydrogens is 188 g/mol. The standard InChI is InChI=1S/C12H14N2O/c1-7-4-9-8(2)6-14(3)11(9)10(5-7)12(13)15/h4-6H,1-3H3,(H2,13,15). The van der Waals surface area contributed by atoms with Crippen LogP contribution in [0.15, 0.2) is 18.3 Å². The first-order valence-electron chi connectivity index (χ1n) is 4.87. The summed E-state index contributed by atoms with van der Waals surface area (Å²) in [5, 5.41) is 1.10. The van der Waals surface area contributed by atoms with Gasteiger partial charge in [0, 0.05) is 18.6 Å². The summed E-state index contributed by atoms with van der Waals surface area (Å²) in [5.74, 6) is -0.370. The van der Waals surface area contributed by atoms with E-state index < -0.39 is 0 Å². The summed E-state index contributed by atoms with van der Waals surface area (Å²) in [5.41, 5.74) is 9.12. The Hall–Kier alpha value is -1.77. The second kappa shape index (κ2) is 3.12. The lowest BCUT2D eigenvalue weighted by molar-refractivity contribution is 0.100. The highest BCUT2D eigenvalue weighted by atomic mass is 16.1. The molecule has 1 aromatic heterocycles. The zero-order valence-corrected chi connectivity index (χ0v) is 9.16. The van der Waals surface area contributed by atoms with Gasteiger partial charge in [-0.15, -0.1) is 0 Å². The van der Waals surface area contributed by atoms with Gasteiger partial charge in [-0.2, -0.15) is 0 Å². The van der Waals surface area contributed by atoms with E-state index in [0.717, 1.165) is 16.5 Å². The number of aromatic nitrogens is 1. The molecule has 0 aliphatic rings. The Morgan fingerprint density at radius 3 is 2.60 bits per heavy atom. The third kappa shape index (κ3) is 1.40. The van der Waals surface area contributed by atoms with Crippen LogP contribution in [0.2, 0.25) is 0 Å². The highest BCUT2D eigenvalue weighted by molar-refractivity contribution is 6.06. The largest absolute Gasteiger partial charge is 0.366 e. The molecule has 1 heterocycles. The Morgan fingerprint density at radius 1 is 1.33 bits per heavy atom. The lowest BCUT2D eigenvalue weighted by atomic mass is 10.1. The quantitative estimate of drug-likeness (QED) is 0.754. The summed E-state index contributed by atoms with van der Waals surface area (Å²) in [7, 11) is 1.93. The molecule has 0 saturated carbocycles. The third-order valence-corrected chi connectivity index (χ3v) is 2.68. The molecule has 2 N–H and O–H groups in total. The highest BCUT2D eigenvalue weighted by Gasteiger charge is 2.12. The molecule has 15 heavy (non-hydrogen) atoms. The minimum Gasteiger partial charge on any atom is -0.366 e. The van der Waals surface area contributed by atoms with Crippen molar-refractivity contribution >= 4 is 16.8 Å². The first-order valence-corrected chi connectivity index (χ1v) is 4.87. The summed E-state index contributed by atoms with van der Waals surface area (Å²) < 4.78 is 1.95. The fourth-order valence-electron chi connectivity index (χ4n) is 2.07. The van der Waals surface area contributed by atoms with E-state index in [4.69, 9.17) is 5.73 Å². The molecule has 2 rings (SSSR count). The number of fused-ring (bicyclic) bond motifs is 1. The molecule has 0 fully saturated rings. The van der Waals surface area contributed by atoms with Gasteiger partial charge >= 0.3 is 0 Å². The molecule has 0 spiro atoms. The van der Waals surface area contributed by atoms with Crippen molar-refractivity contribution in [3.63, 3.8) is 0 Å². The van der Waals surface area contributed by atoms with Crippen LogP contribution in [-0.2, 0) is 7.05 Å². The molecule has 0 radical (unpaired) electrons. The molecule has 0 bridgehead atoms. The molecule has 0 aliphatic heterocycles. The molecule has 3 heteroatoms. The van der Waals surface area contributed by atoms with E-state index in [9.17, 15) is 4.79 Å². The summed E-state index contributed by atoms with van der Waals surface area (Å²) in [6.45, 7) is 4.00. The Kier molecular flexibility index (Phi) is 2.03. The van der Waals surface area contributed by atoms with Gasteiger partial charge in [0.2, 0.25) is 0 Å². The van der Waals surface area contributed by atoms with Gasteiger partial charge in [-0.3, -0.25) is 4.79 Å². The fourth-order valence-corrected chi connectivity index (χ4v) is 2.07. The van der Waals surface area contributed by atoms with Gasteiger partial charge in [0.15, 0.2) is 0 Å². The topological polar surface area (TPSA) is 48.0 Å². The number of primary amides is 1. The molecule has 2 aromatic rings. The first kappa shape index (κ1) is 9.77. The summed E-state index contributed by atoms with van der Waals surface area (Å²) in [6, 6.07) is 3.92. The lowest BCUT2D eigenvalue weighted by Gasteiger charge is -2.04. The zero-order chi connectivity index (χ0) is 11.2. The van der Waals surface area contributed by atoms with Gasteiger partial charge in [0.05, 0.1) is 11.1 Å². The van der Waals surface area contributed by atoms with Gasteiger partial charge in [0.25, 0.3) is 5.91 Å². The molecule has 3 nitrogen and oxygen atoms in total. The van der Waals surface area contributed by atoms with Crippen LogP contribution in [0.3, 0.4) is 0 Å². The smallest absolute Gasteiger partial charge is 0.250 e. The van der Waals surface area contributed by atoms with Crippen LogP contribution in [-0.4, -0.2) is 10.5 Å². The van der Waals surface area contributed by atoms with Gasteiger partial charge in [-0.1, -0.05) is 0 Å². The SMILES string of the molecule is Cc1cc(C(N)=O)c2c(c1)c(C)cn2C. The molecular formula is C12H14N2O. The maximum atomic E-state index is 11.3. The average molecular weight is 202 g/mol. The van der Waals surface area contributed by atoms with Crippen molar-refractivity contribution in [3.8, 4) is 0 Å².